The van der Waals surface area contributed by atoms with Crippen LogP contribution in [0.2, 0.25) is 0 Å². The van der Waals surface area contributed by atoms with Gasteiger partial charge in [0.15, 0.2) is 9.84 Å². The first-order valence-electron chi connectivity index (χ1n) is 9.60. The molecule has 0 spiro atoms. The molecule has 2 atom stereocenters. The average molecular weight is 418 g/mol. The van der Waals surface area contributed by atoms with Gasteiger partial charge in [-0.05, 0) is 44.5 Å². The minimum Gasteiger partial charge on any atom is -0.306 e. The number of sulfone groups is 1. The van der Waals surface area contributed by atoms with Crippen molar-refractivity contribution in [3.05, 3.63) is 65.5 Å². The van der Waals surface area contributed by atoms with Crippen LogP contribution >= 0.6 is 0 Å². The van der Waals surface area contributed by atoms with Gasteiger partial charge in [0.25, 0.3) is 0 Å². The van der Waals surface area contributed by atoms with Crippen molar-refractivity contribution in [2.45, 2.75) is 38.9 Å². The number of nitrogens with one attached hydrogen (secondary N) is 1. The smallest absolute Gasteiger partial charge is 0.152 e. The monoisotopic (exact) mass is 417 g/mol. The van der Waals surface area contributed by atoms with Crippen molar-refractivity contribution in [2.24, 2.45) is 0 Å². The summed E-state index contributed by atoms with van der Waals surface area (Å²) in [6.45, 7) is 4.66. The summed E-state index contributed by atoms with van der Waals surface area (Å²) in [6.07, 6.45) is 6.14. The third-order valence-electron chi connectivity index (χ3n) is 5.44. The summed E-state index contributed by atoms with van der Waals surface area (Å²) < 4.78 is 40.1. The van der Waals surface area contributed by atoms with Gasteiger partial charge in [-0.25, -0.2) is 17.5 Å². The highest BCUT2D eigenvalue weighted by molar-refractivity contribution is 7.91. The fourth-order valence-electron chi connectivity index (χ4n) is 3.72. The van der Waals surface area contributed by atoms with Crippen molar-refractivity contribution in [1.29, 1.82) is 0 Å². The van der Waals surface area contributed by atoms with Gasteiger partial charge in [0.2, 0.25) is 0 Å². The molecule has 4 rings (SSSR count). The molecule has 0 saturated carbocycles. The van der Waals surface area contributed by atoms with Crippen molar-refractivity contribution in [1.82, 2.24) is 24.9 Å². The Morgan fingerprint density at radius 2 is 2.00 bits per heavy atom. The lowest BCUT2D eigenvalue weighted by Crippen LogP contribution is -2.18. The Morgan fingerprint density at radius 3 is 2.69 bits per heavy atom. The lowest BCUT2D eigenvalue weighted by molar-refractivity contribution is 0.498. The highest BCUT2D eigenvalue weighted by atomic mass is 32.2. The van der Waals surface area contributed by atoms with E-state index in [9.17, 15) is 12.8 Å². The van der Waals surface area contributed by atoms with Crippen LogP contribution in [-0.2, 0) is 16.4 Å². The zero-order valence-electron chi connectivity index (χ0n) is 16.4. The summed E-state index contributed by atoms with van der Waals surface area (Å²) in [5, 5.41) is 12.3. The zero-order chi connectivity index (χ0) is 20.6. The fourth-order valence-corrected chi connectivity index (χ4v) is 5.43. The highest BCUT2D eigenvalue weighted by Gasteiger charge is 2.29. The summed E-state index contributed by atoms with van der Waals surface area (Å²) >= 11 is 0. The van der Waals surface area contributed by atoms with Gasteiger partial charge in [-0.2, -0.15) is 10.2 Å². The maximum absolute atomic E-state index is 13.2. The molecule has 9 heteroatoms. The number of rotatable bonds is 6. The molecule has 3 aromatic rings. The van der Waals surface area contributed by atoms with E-state index in [4.69, 9.17) is 0 Å². The minimum atomic E-state index is -2.93. The Labute approximate surface area is 169 Å². The van der Waals surface area contributed by atoms with Crippen LogP contribution in [-0.4, -0.2) is 39.5 Å². The first-order valence-corrected chi connectivity index (χ1v) is 11.4. The van der Waals surface area contributed by atoms with Crippen molar-refractivity contribution >= 4 is 9.84 Å². The van der Waals surface area contributed by atoms with Gasteiger partial charge in [0.05, 0.1) is 35.6 Å². The first-order chi connectivity index (χ1) is 13.8. The molecule has 1 N–H and O–H groups in total. The molecule has 0 unspecified atom stereocenters. The standard InChI is InChI=1S/C20H24FN5O2S/c1-14(20-11-24-26(15(20)2)18-5-3-17(21)4-6-18)22-9-16-10-23-25(12-16)19-7-8-29(27,28)13-19/h3-6,10-12,14,19,22H,7-9,13H2,1-2H3/t14-,19+/m0/s1. The summed E-state index contributed by atoms with van der Waals surface area (Å²) in [4.78, 5) is 0. The Hall–Kier alpha value is -2.52. The highest BCUT2D eigenvalue weighted by Crippen LogP contribution is 2.24. The molecule has 0 aliphatic carbocycles. The van der Waals surface area contributed by atoms with Crippen LogP contribution in [0, 0.1) is 12.7 Å². The van der Waals surface area contributed by atoms with Crippen molar-refractivity contribution < 1.29 is 12.8 Å². The maximum Gasteiger partial charge on any atom is 0.152 e. The Bertz CT molecular complexity index is 1100. The van der Waals surface area contributed by atoms with Gasteiger partial charge in [-0.15, -0.1) is 0 Å². The molecule has 154 valence electrons. The molecule has 29 heavy (non-hydrogen) atoms. The van der Waals surface area contributed by atoms with E-state index in [1.165, 1.54) is 12.1 Å². The maximum atomic E-state index is 13.2. The molecule has 3 heterocycles. The van der Waals surface area contributed by atoms with Gasteiger partial charge in [0, 0.05) is 35.6 Å². The second kappa shape index (κ2) is 7.72. The molecule has 1 saturated heterocycles. The topological polar surface area (TPSA) is 81.8 Å². The number of hydrogen-bond acceptors (Lipinski definition) is 5. The van der Waals surface area contributed by atoms with E-state index >= 15 is 0 Å². The Kier molecular flexibility index (Phi) is 5.26. The second-order valence-corrected chi connectivity index (χ2v) is 9.79. The molecule has 2 aromatic heterocycles. The number of halogens is 1. The van der Waals surface area contributed by atoms with Gasteiger partial charge in [-0.3, -0.25) is 4.68 Å². The van der Waals surface area contributed by atoms with Crippen molar-refractivity contribution in [3.63, 3.8) is 0 Å². The lowest BCUT2D eigenvalue weighted by Gasteiger charge is -2.13. The van der Waals surface area contributed by atoms with Crippen LogP contribution in [0.5, 0.6) is 0 Å². The average Bonchev–Trinajstić information content (AvgIpc) is 3.39. The van der Waals surface area contributed by atoms with Gasteiger partial charge >= 0.3 is 0 Å². The molecular weight excluding hydrogens is 393 g/mol. The van der Waals surface area contributed by atoms with E-state index in [1.807, 2.05) is 19.3 Å². The molecule has 1 aromatic carbocycles. The van der Waals surface area contributed by atoms with E-state index in [1.54, 1.807) is 27.7 Å². The van der Waals surface area contributed by atoms with Crippen molar-refractivity contribution in [2.75, 3.05) is 11.5 Å². The number of hydrogen-bond donors (Lipinski definition) is 1. The van der Waals surface area contributed by atoms with Crippen LogP contribution < -0.4 is 5.32 Å². The van der Waals surface area contributed by atoms with Crippen LogP contribution in [0.1, 0.15) is 42.2 Å². The first kappa shape index (κ1) is 19.8. The summed E-state index contributed by atoms with van der Waals surface area (Å²) in [5.41, 5.74) is 3.87. The minimum absolute atomic E-state index is 0.0550. The molecule has 1 fully saturated rings. The normalized spacial score (nSPS) is 19.5. The third kappa shape index (κ3) is 4.25. The summed E-state index contributed by atoms with van der Waals surface area (Å²) in [6, 6.07) is 6.24. The van der Waals surface area contributed by atoms with Crippen molar-refractivity contribution in [3.8, 4) is 5.69 Å². The quantitative estimate of drug-likeness (QED) is 0.667. The molecular formula is C20H24FN5O2S. The van der Waals surface area contributed by atoms with Crippen LogP contribution in [0.3, 0.4) is 0 Å². The predicted molar refractivity (Wildman–Crippen MR) is 108 cm³/mol. The second-order valence-electron chi connectivity index (χ2n) is 7.56. The molecule has 0 amide bonds. The molecule has 7 nitrogen and oxygen atoms in total. The fraction of sp³-hybridized carbons (Fsp3) is 0.400. The number of aromatic nitrogens is 4. The summed E-state index contributed by atoms with van der Waals surface area (Å²) in [7, 11) is -2.93. The zero-order valence-corrected chi connectivity index (χ0v) is 17.2. The Morgan fingerprint density at radius 1 is 1.24 bits per heavy atom. The number of nitrogens with zero attached hydrogens (tertiary/aromatic N) is 4. The van der Waals surface area contributed by atoms with E-state index in [2.05, 4.69) is 22.4 Å². The lowest BCUT2D eigenvalue weighted by atomic mass is 10.1. The van der Waals surface area contributed by atoms with Crippen LogP contribution in [0.25, 0.3) is 5.69 Å². The van der Waals surface area contributed by atoms with E-state index < -0.39 is 9.84 Å². The van der Waals surface area contributed by atoms with Gasteiger partial charge in [0.1, 0.15) is 5.82 Å². The Balaban J connectivity index is 1.40. The molecule has 0 bridgehead atoms. The predicted octanol–water partition coefficient (Wildman–Crippen LogP) is 2.73. The third-order valence-corrected chi connectivity index (χ3v) is 7.19. The van der Waals surface area contributed by atoms with E-state index in [-0.39, 0.29) is 29.4 Å². The van der Waals surface area contributed by atoms with Gasteiger partial charge in [-0.1, -0.05) is 0 Å². The molecule has 1 aliphatic rings. The van der Waals surface area contributed by atoms with E-state index in [0.717, 1.165) is 22.5 Å². The summed E-state index contributed by atoms with van der Waals surface area (Å²) in [5.74, 6) is 0.128. The number of benzene rings is 1. The van der Waals surface area contributed by atoms with Crippen LogP contribution in [0.4, 0.5) is 4.39 Å². The van der Waals surface area contributed by atoms with E-state index in [0.29, 0.717) is 13.0 Å². The SMILES string of the molecule is Cc1c([C@H](C)NCc2cnn([C@@H]3CCS(=O)(=O)C3)c2)cnn1-c1ccc(F)cc1. The van der Waals surface area contributed by atoms with Gasteiger partial charge < -0.3 is 5.32 Å². The largest absolute Gasteiger partial charge is 0.306 e. The van der Waals surface area contributed by atoms with Crippen LogP contribution in [0.15, 0.2) is 42.9 Å². The molecule has 1 aliphatic heterocycles. The molecule has 0 radical (unpaired) electrons.